The quantitative estimate of drug-likeness (QED) is 0.340. The Morgan fingerprint density at radius 3 is 2.42 bits per heavy atom. The van der Waals surface area contributed by atoms with Crippen LogP contribution in [0.15, 0.2) is 36.9 Å². The van der Waals surface area contributed by atoms with Gasteiger partial charge in [-0.2, -0.15) is 0 Å². The van der Waals surface area contributed by atoms with Crippen LogP contribution in [0.4, 0.5) is 9.93 Å². The van der Waals surface area contributed by atoms with E-state index in [0.717, 1.165) is 21.4 Å². The fraction of sp³-hybridized carbons (Fsp3) is 0.273. The Hall–Kier alpha value is -3.54. The largest absolute Gasteiger partial charge is 0.393 e. The van der Waals surface area contributed by atoms with Crippen LogP contribution in [-0.4, -0.2) is 54.3 Å². The third-order valence-electron chi connectivity index (χ3n) is 4.84. The zero-order valence-corrected chi connectivity index (χ0v) is 19.1. The van der Waals surface area contributed by atoms with Crippen molar-refractivity contribution in [3.05, 3.63) is 48.3 Å². The fourth-order valence-electron chi connectivity index (χ4n) is 3.08. The molecule has 0 fully saturated rings. The van der Waals surface area contributed by atoms with Crippen molar-refractivity contribution in [1.82, 2.24) is 30.2 Å². The van der Waals surface area contributed by atoms with E-state index in [0.29, 0.717) is 28.6 Å². The number of carbonyl (C=O) groups is 1. The summed E-state index contributed by atoms with van der Waals surface area (Å²) in [5.74, 6) is 0.653. The first-order valence-electron chi connectivity index (χ1n) is 10.3. The van der Waals surface area contributed by atoms with Gasteiger partial charge >= 0.3 is 6.03 Å². The van der Waals surface area contributed by atoms with Crippen LogP contribution < -0.4 is 10.6 Å². The molecule has 2 amide bonds. The van der Waals surface area contributed by atoms with Gasteiger partial charge in [-0.1, -0.05) is 11.3 Å². The minimum atomic E-state index is -1.53. The number of nitrogens with zero attached hydrogens (tertiary/aromatic N) is 5. The lowest BCUT2D eigenvalue weighted by Crippen LogP contribution is -2.28. The number of urea groups is 1. The number of carbonyl (C=O) groups excluding carboxylic acids is 1. The summed E-state index contributed by atoms with van der Waals surface area (Å²) in [5.41, 5.74) is 2.29. The standard InChI is InChI=1S/C22H23N7O3S/c1-4-23-20(31)29-21-28-16-6-13(14-9-26-19(27-10-14)22(3,32)11-30)5-15(17(16)33-21)18-24-7-12(2)8-25-18/h5-10,30,32H,4,11H2,1-3H3,(H2,23,28,29,31). The van der Waals surface area contributed by atoms with Gasteiger partial charge < -0.3 is 15.5 Å². The maximum atomic E-state index is 12.0. The van der Waals surface area contributed by atoms with Crippen molar-refractivity contribution in [2.45, 2.75) is 26.4 Å². The molecule has 4 N–H and O–H groups in total. The van der Waals surface area contributed by atoms with Crippen LogP contribution in [0.5, 0.6) is 0 Å². The minimum absolute atomic E-state index is 0.124. The first-order valence-corrected chi connectivity index (χ1v) is 11.1. The monoisotopic (exact) mass is 465 g/mol. The maximum Gasteiger partial charge on any atom is 0.321 e. The number of fused-ring (bicyclic) bond motifs is 1. The Labute approximate surface area is 193 Å². The van der Waals surface area contributed by atoms with E-state index >= 15 is 0 Å². The molecule has 4 rings (SSSR count). The summed E-state index contributed by atoms with van der Waals surface area (Å²) in [6.45, 7) is 5.21. The van der Waals surface area contributed by atoms with Crippen molar-refractivity contribution < 1.29 is 15.0 Å². The summed E-state index contributed by atoms with van der Waals surface area (Å²) in [7, 11) is 0. The Balaban J connectivity index is 1.82. The number of hydrogen-bond donors (Lipinski definition) is 4. The van der Waals surface area contributed by atoms with Crippen molar-refractivity contribution in [3.8, 4) is 22.5 Å². The topological polar surface area (TPSA) is 146 Å². The molecule has 3 aromatic heterocycles. The molecule has 0 radical (unpaired) electrons. The number of hydrogen-bond acceptors (Lipinski definition) is 9. The predicted molar refractivity (Wildman–Crippen MR) is 126 cm³/mol. The average molecular weight is 466 g/mol. The van der Waals surface area contributed by atoms with Gasteiger partial charge in [-0.3, -0.25) is 5.32 Å². The van der Waals surface area contributed by atoms with Crippen LogP contribution >= 0.6 is 11.3 Å². The van der Waals surface area contributed by atoms with E-state index < -0.39 is 12.2 Å². The Morgan fingerprint density at radius 1 is 1.09 bits per heavy atom. The summed E-state index contributed by atoms with van der Waals surface area (Å²) in [4.78, 5) is 33.9. The molecule has 170 valence electrons. The van der Waals surface area contributed by atoms with Gasteiger partial charge in [0.25, 0.3) is 0 Å². The third kappa shape index (κ3) is 4.80. The second kappa shape index (κ2) is 9.14. The van der Waals surface area contributed by atoms with Gasteiger partial charge in [0, 0.05) is 42.5 Å². The highest BCUT2D eigenvalue weighted by Crippen LogP contribution is 2.37. The summed E-state index contributed by atoms with van der Waals surface area (Å²) in [5, 5.41) is 25.4. The molecule has 11 heteroatoms. The van der Waals surface area contributed by atoms with Crippen molar-refractivity contribution in [1.29, 1.82) is 0 Å². The smallest absolute Gasteiger partial charge is 0.321 e. The number of amides is 2. The molecule has 1 aromatic carbocycles. The van der Waals surface area contributed by atoms with Crippen LogP contribution in [-0.2, 0) is 5.60 Å². The highest BCUT2D eigenvalue weighted by molar-refractivity contribution is 7.22. The molecule has 0 aliphatic carbocycles. The van der Waals surface area contributed by atoms with Crippen molar-refractivity contribution in [3.63, 3.8) is 0 Å². The van der Waals surface area contributed by atoms with Crippen molar-refractivity contribution in [2.75, 3.05) is 18.5 Å². The summed E-state index contributed by atoms with van der Waals surface area (Å²) in [6, 6.07) is 3.46. The Morgan fingerprint density at radius 2 is 1.79 bits per heavy atom. The molecule has 0 saturated heterocycles. The van der Waals surface area contributed by atoms with Crippen LogP contribution in [0.3, 0.4) is 0 Å². The van der Waals surface area contributed by atoms with Gasteiger partial charge in [0.2, 0.25) is 0 Å². The van der Waals surface area contributed by atoms with Gasteiger partial charge in [-0.25, -0.2) is 29.7 Å². The molecule has 33 heavy (non-hydrogen) atoms. The molecule has 3 heterocycles. The zero-order chi connectivity index (χ0) is 23.6. The molecule has 4 aromatic rings. The van der Waals surface area contributed by atoms with Crippen LogP contribution in [0.1, 0.15) is 25.2 Å². The number of benzene rings is 1. The van der Waals surface area contributed by atoms with E-state index in [1.54, 1.807) is 24.8 Å². The summed E-state index contributed by atoms with van der Waals surface area (Å²) >= 11 is 1.33. The number of thiazole rings is 1. The second-order valence-electron chi connectivity index (χ2n) is 7.69. The minimum Gasteiger partial charge on any atom is -0.393 e. The van der Waals surface area contributed by atoms with Gasteiger partial charge in [0.05, 0.1) is 16.8 Å². The number of aliphatic hydroxyl groups is 2. The van der Waals surface area contributed by atoms with Crippen LogP contribution in [0.25, 0.3) is 32.7 Å². The number of aryl methyl sites for hydroxylation is 1. The highest BCUT2D eigenvalue weighted by Gasteiger charge is 2.25. The zero-order valence-electron chi connectivity index (χ0n) is 18.3. The molecule has 1 atom stereocenters. The molecule has 0 aliphatic heterocycles. The lowest BCUT2D eigenvalue weighted by atomic mass is 10.0. The highest BCUT2D eigenvalue weighted by atomic mass is 32.1. The van der Waals surface area contributed by atoms with Gasteiger partial charge in [0.15, 0.2) is 16.8 Å². The van der Waals surface area contributed by atoms with Crippen molar-refractivity contribution in [2.24, 2.45) is 0 Å². The molecular formula is C22H23N7O3S. The number of aromatic nitrogens is 5. The van der Waals surface area contributed by atoms with Crippen LogP contribution in [0, 0.1) is 6.92 Å². The number of rotatable bonds is 6. The molecule has 0 saturated carbocycles. The van der Waals surface area contributed by atoms with E-state index in [9.17, 15) is 15.0 Å². The molecule has 10 nitrogen and oxygen atoms in total. The average Bonchev–Trinajstić information content (AvgIpc) is 3.21. The molecule has 0 spiro atoms. The SMILES string of the molecule is CCNC(=O)Nc1nc2cc(-c3cnc(C(C)(O)CO)nc3)cc(-c3ncc(C)cn3)c2s1. The number of aliphatic hydroxyl groups excluding tert-OH is 1. The summed E-state index contributed by atoms with van der Waals surface area (Å²) < 4.78 is 0.829. The molecule has 0 aliphatic rings. The van der Waals surface area contributed by atoms with Crippen molar-refractivity contribution >= 4 is 32.7 Å². The lowest BCUT2D eigenvalue weighted by molar-refractivity contribution is -0.00969. The fourth-order valence-corrected chi connectivity index (χ4v) is 4.03. The number of nitrogens with one attached hydrogen (secondary N) is 2. The van der Waals surface area contributed by atoms with E-state index in [-0.39, 0.29) is 11.9 Å². The van der Waals surface area contributed by atoms with E-state index in [1.165, 1.54) is 18.3 Å². The summed E-state index contributed by atoms with van der Waals surface area (Å²) in [6.07, 6.45) is 6.64. The normalized spacial score (nSPS) is 13.0. The first kappa shape index (κ1) is 22.6. The Kier molecular flexibility index (Phi) is 6.27. The van der Waals surface area contributed by atoms with E-state index in [1.807, 2.05) is 26.0 Å². The maximum absolute atomic E-state index is 12.0. The molecule has 0 bridgehead atoms. The van der Waals surface area contributed by atoms with E-state index in [2.05, 4.69) is 35.6 Å². The van der Waals surface area contributed by atoms with Gasteiger partial charge in [-0.05, 0) is 44.0 Å². The first-order chi connectivity index (χ1) is 15.8. The van der Waals surface area contributed by atoms with E-state index in [4.69, 9.17) is 0 Å². The van der Waals surface area contributed by atoms with Gasteiger partial charge in [-0.15, -0.1) is 0 Å². The second-order valence-corrected chi connectivity index (χ2v) is 8.69. The number of anilines is 1. The molecular weight excluding hydrogens is 442 g/mol. The predicted octanol–water partition coefficient (Wildman–Crippen LogP) is 2.86. The molecule has 1 unspecified atom stereocenters. The Bertz CT molecular complexity index is 1290. The van der Waals surface area contributed by atoms with Gasteiger partial charge in [0.1, 0.15) is 5.60 Å². The lowest BCUT2D eigenvalue weighted by Gasteiger charge is -2.18. The van der Waals surface area contributed by atoms with Crippen LogP contribution in [0.2, 0.25) is 0 Å². The third-order valence-corrected chi connectivity index (χ3v) is 5.86.